The van der Waals surface area contributed by atoms with E-state index in [0.717, 1.165) is 6.07 Å². The van der Waals surface area contributed by atoms with Crippen LogP contribution in [0.1, 0.15) is 41.2 Å². The SMILES string of the molecule is COc1cc2c(N[C@H](C)c3cccc(C(F)(F)F)c3C)nc(C)nc2nc1C. The molecule has 2 heterocycles. The summed E-state index contributed by atoms with van der Waals surface area (Å²) >= 11 is 0. The van der Waals surface area contributed by atoms with Crippen molar-refractivity contribution < 1.29 is 17.9 Å². The average molecular weight is 390 g/mol. The van der Waals surface area contributed by atoms with E-state index in [1.54, 1.807) is 33.1 Å². The number of hydrogen-bond donors (Lipinski definition) is 1. The molecule has 1 aromatic carbocycles. The van der Waals surface area contributed by atoms with E-state index in [2.05, 4.69) is 20.3 Å². The number of fused-ring (bicyclic) bond motifs is 1. The first-order chi connectivity index (χ1) is 13.1. The Morgan fingerprint density at radius 1 is 1.07 bits per heavy atom. The zero-order valence-electron chi connectivity index (χ0n) is 16.3. The van der Waals surface area contributed by atoms with E-state index in [-0.39, 0.29) is 5.56 Å². The summed E-state index contributed by atoms with van der Waals surface area (Å²) in [6.07, 6.45) is -4.40. The van der Waals surface area contributed by atoms with Crippen LogP contribution in [0.2, 0.25) is 0 Å². The fourth-order valence-corrected chi connectivity index (χ4v) is 3.26. The van der Waals surface area contributed by atoms with E-state index in [4.69, 9.17) is 4.74 Å². The van der Waals surface area contributed by atoms with Gasteiger partial charge in [0.05, 0.1) is 29.8 Å². The maximum absolute atomic E-state index is 13.2. The third-order valence-electron chi connectivity index (χ3n) is 4.66. The second-order valence-corrected chi connectivity index (χ2v) is 6.65. The number of benzene rings is 1. The maximum atomic E-state index is 13.2. The van der Waals surface area contributed by atoms with E-state index in [1.807, 2.05) is 6.92 Å². The molecule has 5 nitrogen and oxygen atoms in total. The lowest BCUT2D eigenvalue weighted by atomic mass is 9.97. The molecule has 0 saturated heterocycles. The molecule has 1 N–H and O–H groups in total. The van der Waals surface area contributed by atoms with E-state index in [0.29, 0.717) is 39.7 Å². The zero-order valence-corrected chi connectivity index (χ0v) is 16.3. The summed E-state index contributed by atoms with van der Waals surface area (Å²) < 4.78 is 45.0. The Morgan fingerprint density at radius 3 is 2.43 bits per heavy atom. The lowest BCUT2D eigenvalue weighted by molar-refractivity contribution is -0.138. The Hall–Kier alpha value is -2.90. The van der Waals surface area contributed by atoms with Crippen LogP contribution in [0.5, 0.6) is 5.75 Å². The van der Waals surface area contributed by atoms with E-state index < -0.39 is 17.8 Å². The number of ether oxygens (including phenoxy) is 1. The number of hydrogen-bond acceptors (Lipinski definition) is 5. The molecular weight excluding hydrogens is 369 g/mol. The monoisotopic (exact) mass is 390 g/mol. The van der Waals surface area contributed by atoms with Crippen molar-refractivity contribution in [1.29, 1.82) is 0 Å². The molecule has 1 atom stereocenters. The van der Waals surface area contributed by atoms with Crippen molar-refractivity contribution in [3.05, 3.63) is 52.5 Å². The van der Waals surface area contributed by atoms with Crippen LogP contribution in [-0.2, 0) is 6.18 Å². The fourth-order valence-electron chi connectivity index (χ4n) is 3.26. The van der Waals surface area contributed by atoms with Crippen LogP contribution in [0.3, 0.4) is 0 Å². The summed E-state index contributed by atoms with van der Waals surface area (Å²) in [5, 5.41) is 3.86. The summed E-state index contributed by atoms with van der Waals surface area (Å²) in [7, 11) is 1.55. The van der Waals surface area contributed by atoms with Crippen molar-refractivity contribution in [2.24, 2.45) is 0 Å². The highest BCUT2D eigenvalue weighted by molar-refractivity contribution is 5.88. The van der Waals surface area contributed by atoms with Gasteiger partial charge in [-0.3, -0.25) is 0 Å². The van der Waals surface area contributed by atoms with Crippen molar-refractivity contribution >= 4 is 16.9 Å². The molecule has 3 rings (SSSR count). The Morgan fingerprint density at radius 2 is 1.79 bits per heavy atom. The van der Waals surface area contributed by atoms with Gasteiger partial charge in [-0.15, -0.1) is 0 Å². The first kappa shape index (κ1) is 19.9. The van der Waals surface area contributed by atoms with Gasteiger partial charge in [0.2, 0.25) is 0 Å². The average Bonchev–Trinajstić information content (AvgIpc) is 2.60. The first-order valence-corrected chi connectivity index (χ1v) is 8.75. The number of aryl methyl sites for hydroxylation is 2. The molecule has 8 heteroatoms. The van der Waals surface area contributed by atoms with E-state index in [1.165, 1.54) is 13.0 Å². The quantitative estimate of drug-likeness (QED) is 0.668. The number of halogens is 3. The van der Waals surface area contributed by atoms with E-state index in [9.17, 15) is 13.2 Å². The van der Waals surface area contributed by atoms with Crippen molar-refractivity contribution in [1.82, 2.24) is 15.0 Å². The molecule has 0 aliphatic heterocycles. The van der Waals surface area contributed by atoms with Gasteiger partial charge >= 0.3 is 6.18 Å². The number of anilines is 1. The molecule has 0 unspecified atom stereocenters. The van der Waals surface area contributed by atoms with E-state index >= 15 is 0 Å². The molecule has 0 amide bonds. The lowest BCUT2D eigenvalue weighted by Crippen LogP contribution is -2.14. The molecule has 0 spiro atoms. The smallest absolute Gasteiger partial charge is 0.416 e. The fraction of sp³-hybridized carbons (Fsp3) is 0.350. The molecule has 2 aromatic heterocycles. The summed E-state index contributed by atoms with van der Waals surface area (Å²) in [4.78, 5) is 13.2. The molecule has 0 fully saturated rings. The summed E-state index contributed by atoms with van der Waals surface area (Å²) in [6.45, 7) is 6.84. The molecule has 0 radical (unpaired) electrons. The van der Waals surface area contributed by atoms with Gasteiger partial charge in [-0.05, 0) is 51.0 Å². The Balaban J connectivity index is 2.06. The van der Waals surface area contributed by atoms with Gasteiger partial charge in [0, 0.05) is 0 Å². The van der Waals surface area contributed by atoms with Gasteiger partial charge in [-0.25, -0.2) is 15.0 Å². The van der Waals surface area contributed by atoms with Crippen LogP contribution in [0, 0.1) is 20.8 Å². The molecule has 28 heavy (non-hydrogen) atoms. The zero-order chi connectivity index (χ0) is 20.6. The van der Waals surface area contributed by atoms with Crippen LogP contribution in [-0.4, -0.2) is 22.1 Å². The summed E-state index contributed by atoms with van der Waals surface area (Å²) in [6, 6.07) is 5.56. The van der Waals surface area contributed by atoms with Gasteiger partial charge in [0.25, 0.3) is 0 Å². The number of nitrogens with zero attached hydrogens (tertiary/aromatic N) is 3. The maximum Gasteiger partial charge on any atom is 0.416 e. The number of methoxy groups -OCH3 is 1. The topological polar surface area (TPSA) is 59.9 Å². The molecule has 3 aromatic rings. The van der Waals surface area contributed by atoms with Crippen LogP contribution in [0.15, 0.2) is 24.3 Å². The number of aromatic nitrogens is 3. The number of nitrogens with one attached hydrogen (secondary N) is 1. The molecular formula is C20H21F3N4O. The normalized spacial score (nSPS) is 12.9. The predicted octanol–water partition coefficient (Wildman–Crippen LogP) is 5.15. The van der Waals surface area contributed by atoms with Crippen molar-refractivity contribution in [2.75, 3.05) is 12.4 Å². The number of alkyl halides is 3. The number of pyridine rings is 1. The van der Waals surface area contributed by atoms with Gasteiger partial charge < -0.3 is 10.1 Å². The second kappa shape index (κ2) is 7.26. The Kier molecular flexibility index (Phi) is 5.14. The first-order valence-electron chi connectivity index (χ1n) is 8.75. The Bertz CT molecular complexity index is 1030. The highest BCUT2D eigenvalue weighted by Crippen LogP contribution is 2.35. The van der Waals surface area contributed by atoms with Crippen LogP contribution in [0.4, 0.5) is 19.0 Å². The minimum Gasteiger partial charge on any atom is -0.495 e. The molecule has 148 valence electrons. The summed E-state index contributed by atoms with van der Waals surface area (Å²) in [5.74, 6) is 1.60. The van der Waals surface area contributed by atoms with Gasteiger partial charge in [0.1, 0.15) is 17.4 Å². The second-order valence-electron chi connectivity index (χ2n) is 6.65. The molecule has 0 aliphatic rings. The van der Waals surface area contributed by atoms with Crippen molar-refractivity contribution in [2.45, 2.75) is 39.9 Å². The van der Waals surface area contributed by atoms with Crippen molar-refractivity contribution in [3.63, 3.8) is 0 Å². The minimum absolute atomic E-state index is 0.191. The molecule has 0 saturated carbocycles. The van der Waals surface area contributed by atoms with Gasteiger partial charge in [-0.1, -0.05) is 12.1 Å². The van der Waals surface area contributed by atoms with Crippen LogP contribution >= 0.6 is 0 Å². The van der Waals surface area contributed by atoms with Gasteiger partial charge in [-0.2, -0.15) is 13.2 Å². The highest BCUT2D eigenvalue weighted by Gasteiger charge is 2.33. The number of rotatable bonds is 4. The molecule has 0 bridgehead atoms. The minimum atomic E-state index is -4.40. The van der Waals surface area contributed by atoms with Crippen molar-refractivity contribution in [3.8, 4) is 5.75 Å². The van der Waals surface area contributed by atoms with Crippen LogP contribution in [0.25, 0.3) is 11.0 Å². The molecule has 0 aliphatic carbocycles. The lowest BCUT2D eigenvalue weighted by Gasteiger charge is -2.21. The predicted molar refractivity (Wildman–Crippen MR) is 102 cm³/mol. The largest absolute Gasteiger partial charge is 0.495 e. The van der Waals surface area contributed by atoms with Gasteiger partial charge in [0.15, 0.2) is 5.65 Å². The third kappa shape index (κ3) is 3.72. The highest BCUT2D eigenvalue weighted by atomic mass is 19.4. The van der Waals surface area contributed by atoms with Crippen LogP contribution < -0.4 is 10.1 Å². The Labute approximate surface area is 161 Å². The third-order valence-corrected chi connectivity index (χ3v) is 4.66. The standard InChI is InChI=1S/C20H21F3N4O/c1-10-14(7-6-8-16(10)20(21,22)23)11(2)24-18-15-9-17(28-5)12(3)25-19(15)27-13(4)26-18/h6-9,11H,1-5H3,(H,24,25,26,27)/t11-/m1/s1. The summed E-state index contributed by atoms with van der Waals surface area (Å²) in [5.41, 5.74) is 1.30.